The average Bonchev–Trinajstić information content (AvgIpc) is 2.10. The second-order valence-electron chi connectivity index (χ2n) is 4.36. The highest BCUT2D eigenvalue weighted by atomic mass is 35.5. The highest BCUT2D eigenvalue weighted by Gasteiger charge is 2.30. The predicted molar refractivity (Wildman–Crippen MR) is 55.2 cm³/mol. The van der Waals surface area contributed by atoms with Gasteiger partial charge in [0.15, 0.2) is 0 Å². The van der Waals surface area contributed by atoms with Gasteiger partial charge < -0.3 is 4.74 Å². The van der Waals surface area contributed by atoms with Crippen molar-refractivity contribution in [2.75, 3.05) is 19.1 Å². The summed E-state index contributed by atoms with van der Waals surface area (Å²) in [5, 5.41) is 0. The molecule has 0 aliphatic carbocycles. The van der Waals surface area contributed by atoms with Crippen molar-refractivity contribution in [2.45, 2.75) is 33.4 Å². The van der Waals surface area contributed by atoms with Gasteiger partial charge in [0.25, 0.3) is 0 Å². The molecule has 0 aromatic carbocycles. The van der Waals surface area contributed by atoms with Gasteiger partial charge in [0.1, 0.15) is 6.61 Å². The van der Waals surface area contributed by atoms with Gasteiger partial charge in [0.2, 0.25) is 0 Å². The number of rotatable bonds is 6. The summed E-state index contributed by atoms with van der Waals surface area (Å²) in [7, 11) is 0. The van der Waals surface area contributed by atoms with Crippen LogP contribution >= 0.6 is 11.6 Å². The topological polar surface area (TPSA) is 9.23 Å². The molecule has 0 saturated heterocycles. The molecule has 0 spiro atoms. The van der Waals surface area contributed by atoms with E-state index in [1.807, 2.05) is 20.8 Å². The SMILES string of the molecule is CC(C)C(C)(CCl)CCOCC(F)(F)F. The Morgan fingerprint density at radius 3 is 2.13 bits per heavy atom. The van der Waals surface area contributed by atoms with E-state index in [9.17, 15) is 13.2 Å². The lowest BCUT2D eigenvalue weighted by atomic mass is 9.78. The van der Waals surface area contributed by atoms with E-state index in [0.29, 0.717) is 18.2 Å². The Balaban J connectivity index is 3.84. The van der Waals surface area contributed by atoms with Gasteiger partial charge in [-0.2, -0.15) is 13.2 Å². The second kappa shape index (κ2) is 5.94. The highest BCUT2D eigenvalue weighted by Crippen LogP contribution is 2.32. The summed E-state index contributed by atoms with van der Waals surface area (Å²) >= 11 is 5.79. The molecule has 0 aliphatic rings. The molecule has 0 radical (unpaired) electrons. The molecule has 0 aliphatic heterocycles. The van der Waals surface area contributed by atoms with Crippen LogP contribution in [0.25, 0.3) is 0 Å². The fourth-order valence-corrected chi connectivity index (χ4v) is 1.45. The van der Waals surface area contributed by atoms with E-state index in [-0.39, 0.29) is 12.0 Å². The van der Waals surface area contributed by atoms with E-state index in [2.05, 4.69) is 4.74 Å². The molecule has 92 valence electrons. The van der Waals surface area contributed by atoms with Gasteiger partial charge in [-0.15, -0.1) is 11.6 Å². The normalized spacial score (nSPS) is 16.8. The molecule has 15 heavy (non-hydrogen) atoms. The van der Waals surface area contributed by atoms with Crippen molar-refractivity contribution in [3.63, 3.8) is 0 Å². The molecule has 0 aromatic rings. The molecule has 1 atom stereocenters. The van der Waals surface area contributed by atoms with Gasteiger partial charge in [-0.05, 0) is 17.8 Å². The molecule has 0 fully saturated rings. The van der Waals surface area contributed by atoms with Crippen molar-refractivity contribution < 1.29 is 17.9 Å². The number of hydrogen-bond donors (Lipinski definition) is 0. The molecule has 0 amide bonds. The molecule has 0 saturated carbocycles. The molecule has 0 N–H and O–H groups in total. The van der Waals surface area contributed by atoms with Gasteiger partial charge in [0, 0.05) is 12.5 Å². The fourth-order valence-electron chi connectivity index (χ4n) is 1.00. The summed E-state index contributed by atoms with van der Waals surface area (Å²) in [6.45, 7) is 4.89. The fraction of sp³-hybridized carbons (Fsp3) is 1.00. The van der Waals surface area contributed by atoms with E-state index >= 15 is 0 Å². The number of ether oxygens (including phenoxy) is 1. The quantitative estimate of drug-likeness (QED) is 0.511. The molecule has 1 nitrogen and oxygen atoms in total. The van der Waals surface area contributed by atoms with Crippen LogP contribution < -0.4 is 0 Å². The first-order valence-corrected chi connectivity index (χ1v) is 5.45. The van der Waals surface area contributed by atoms with Crippen LogP contribution in [0.3, 0.4) is 0 Å². The third-order valence-corrected chi connectivity index (χ3v) is 3.39. The maximum atomic E-state index is 11.8. The Labute approximate surface area is 93.9 Å². The lowest BCUT2D eigenvalue weighted by molar-refractivity contribution is -0.175. The van der Waals surface area contributed by atoms with Gasteiger partial charge in [-0.1, -0.05) is 20.8 Å². The summed E-state index contributed by atoms with van der Waals surface area (Å²) in [5.41, 5.74) is -0.160. The average molecular weight is 247 g/mol. The minimum absolute atomic E-state index is 0.0981. The zero-order valence-electron chi connectivity index (χ0n) is 9.33. The molecular weight excluding hydrogens is 229 g/mol. The zero-order valence-corrected chi connectivity index (χ0v) is 10.1. The number of hydrogen-bond acceptors (Lipinski definition) is 1. The molecule has 0 rings (SSSR count). The molecule has 0 heterocycles. The van der Waals surface area contributed by atoms with E-state index in [1.54, 1.807) is 0 Å². The van der Waals surface area contributed by atoms with Crippen molar-refractivity contribution in [2.24, 2.45) is 11.3 Å². The van der Waals surface area contributed by atoms with Crippen LogP contribution in [0, 0.1) is 11.3 Å². The van der Waals surface area contributed by atoms with Gasteiger partial charge in [-0.3, -0.25) is 0 Å². The summed E-state index contributed by atoms with van der Waals surface area (Å²) in [4.78, 5) is 0. The van der Waals surface area contributed by atoms with Crippen LogP contribution in [0.2, 0.25) is 0 Å². The molecule has 5 heteroatoms. The second-order valence-corrected chi connectivity index (χ2v) is 4.63. The van der Waals surface area contributed by atoms with Crippen molar-refractivity contribution in [3.8, 4) is 0 Å². The standard InChI is InChI=1S/C10H18ClF3O/c1-8(2)9(3,6-11)4-5-15-7-10(12,13)14/h8H,4-7H2,1-3H3. The molecular formula is C10H18ClF3O. The summed E-state index contributed by atoms with van der Waals surface area (Å²) in [5.74, 6) is 0.754. The van der Waals surface area contributed by atoms with E-state index in [1.165, 1.54) is 0 Å². The first kappa shape index (κ1) is 15.0. The molecule has 0 bridgehead atoms. The minimum atomic E-state index is -4.24. The van der Waals surface area contributed by atoms with Crippen LogP contribution in [0.5, 0.6) is 0 Å². The van der Waals surface area contributed by atoms with Crippen molar-refractivity contribution in [3.05, 3.63) is 0 Å². The summed E-state index contributed by atoms with van der Waals surface area (Å²) in [6, 6.07) is 0. The van der Waals surface area contributed by atoms with Crippen LogP contribution in [0.4, 0.5) is 13.2 Å². The zero-order chi connectivity index (χ0) is 12.1. The monoisotopic (exact) mass is 246 g/mol. The van der Waals surface area contributed by atoms with Crippen LogP contribution in [-0.2, 0) is 4.74 Å². The molecule has 0 aromatic heterocycles. The summed E-state index contributed by atoms with van der Waals surface area (Å²) in [6.07, 6.45) is -3.69. The van der Waals surface area contributed by atoms with Crippen molar-refractivity contribution in [1.82, 2.24) is 0 Å². The minimum Gasteiger partial charge on any atom is -0.372 e. The first-order chi connectivity index (χ1) is 6.71. The van der Waals surface area contributed by atoms with Crippen molar-refractivity contribution in [1.29, 1.82) is 0 Å². The Morgan fingerprint density at radius 2 is 1.80 bits per heavy atom. The Morgan fingerprint density at radius 1 is 1.27 bits per heavy atom. The maximum Gasteiger partial charge on any atom is 0.411 e. The third-order valence-electron chi connectivity index (χ3n) is 2.78. The van der Waals surface area contributed by atoms with Gasteiger partial charge in [-0.25, -0.2) is 0 Å². The lowest BCUT2D eigenvalue weighted by Crippen LogP contribution is -2.28. The molecule has 1 unspecified atom stereocenters. The van der Waals surface area contributed by atoms with E-state index < -0.39 is 12.8 Å². The Bertz CT molecular complexity index is 182. The van der Waals surface area contributed by atoms with Crippen LogP contribution in [0.15, 0.2) is 0 Å². The van der Waals surface area contributed by atoms with Crippen LogP contribution in [0.1, 0.15) is 27.2 Å². The largest absolute Gasteiger partial charge is 0.411 e. The number of alkyl halides is 4. The predicted octanol–water partition coefficient (Wildman–Crippen LogP) is 3.86. The smallest absolute Gasteiger partial charge is 0.372 e. The summed E-state index contributed by atoms with van der Waals surface area (Å²) < 4.78 is 39.9. The lowest BCUT2D eigenvalue weighted by Gasteiger charge is -2.31. The van der Waals surface area contributed by atoms with E-state index in [4.69, 9.17) is 11.6 Å². The highest BCUT2D eigenvalue weighted by molar-refractivity contribution is 6.18. The van der Waals surface area contributed by atoms with Crippen LogP contribution in [-0.4, -0.2) is 25.3 Å². The third kappa shape index (κ3) is 6.25. The first-order valence-electron chi connectivity index (χ1n) is 4.92. The van der Waals surface area contributed by atoms with E-state index in [0.717, 1.165) is 0 Å². The Kier molecular flexibility index (Phi) is 5.96. The Hall–Kier alpha value is 0.0400. The van der Waals surface area contributed by atoms with Gasteiger partial charge in [0.05, 0.1) is 0 Å². The number of halogens is 4. The van der Waals surface area contributed by atoms with Crippen molar-refractivity contribution >= 4 is 11.6 Å². The maximum absolute atomic E-state index is 11.8. The van der Waals surface area contributed by atoms with Gasteiger partial charge >= 0.3 is 6.18 Å².